The standard InChI is InChI=1S/C21H15FO2/c22-19-8-7-17-11-16(3-6-18(17)12-19)2-1-15-4-9-20(10-5-15)23-13-21-14-24-21/h3-12,21H,13-14H2. The van der Waals surface area contributed by atoms with Crippen LogP contribution in [-0.4, -0.2) is 19.3 Å². The Kier molecular flexibility index (Phi) is 3.90. The molecule has 0 aromatic heterocycles. The Hall–Kier alpha value is -2.83. The van der Waals surface area contributed by atoms with Gasteiger partial charge in [0.2, 0.25) is 0 Å². The van der Waals surface area contributed by atoms with Crippen LogP contribution in [0.25, 0.3) is 10.8 Å². The highest BCUT2D eigenvalue weighted by atomic mass is 19.1. The fourth-order valence-corrected chi connectivity index (χ4v) is 2.43. The van der Waals surface area contributed by atoms with Crippen molar-refractivity contribution < 1.29 is 13.9 Å². The summed E-state index contributed by atoms with van der Waals surface area (Å²) < 4.78 is 23.9. The third-order valence-electron chi connectivity index (χ3n) is 3.85. The number of halogens is 1. The molecule has 1 aliphatic heterocycles. The highest BCUT2D eigenvalue weighted by Crippen LogP contribution is 2.18. The number of hydrogen-bond acceptors (Lipinski definition) is 2. The second-order valence-corrected chi connectivity index (χ2v) is 5.75. The summed E-state index contributed by atoms with van der Waals surface area (Å²) in [5.41, 5.74) is 1.82. The fraction of sp³-hybridized carbons (Fsp3) is 0.143. The van der Waals surface area contributed by atoms with E-state index in [0.717, 1.165) is 34.3 Å². The van der Waals surface area contributed by atoms with E-state index in [4.69, 9.17) is 9.47 Å². The van der Waals surface area contributed by atoms with E-state index in [-0.39, 0.29) is 11.9 Å². The van der Waals surface area contributed by atoms with Gasteiger partial charge in [0.25, 0.3) is 0 Å². The molecule has 1 atom stereocenters. The van der Waals surface area contributed by atoms with E-state index < -0.39 is 0 Å². The van der Waals surface area contributed by atoms with Crippen LogP contribution in [0.4, 0.5) is 4.39 Å². The van der Waals surface area contributed by atoms with Crippen LogP contribution in [0, 0.1) is 17.7 Å². The quantitative estimate of drug-likeness (QED) is 0.534. The van der Waals surface area contributed by atoms with Gasteiger partial charge in [-0.05, 0) is 59.3 Å². The van der Waals surface area contributed by atoms with Gasteiger partial charge in [-0.2, -0.15) is 0 Å². The van der Waals surface area contributed by atoms with Crippen molar-refractivity contribution in [2.45, 2.75) is 6.10 Å². The first-order chi connectivity index (χ1) is 11.8. The summed E-state index contributed by atoms with van der Waals surface area (Å²) in [6.07, 6.45) is 0.255. The van der Waals surface area contributed by atoms with Gasteiger partial charge in [-0.3, -0.25) is 0 Å². The Morgan fingerprint density at radius 3 is 2.38 bits per heavy atom. The molecule has 1 aliphatic rings. The Morgan fingerprint density at radius 2 is 1.58 bits per heavy atom. The van der Waals surface area contributed by atoms with Gasteiger partial charge in [-0.15, -0.1) is 0 Å². The van der Waals surface area contributed by atoms with Gasteiger partial charge in [-0.1, -0.05) is 24.0 Å². The Labute approximate surface area is 139 Å². The van der Waals surface area contributed by atoms with Crippen molar-refractivity contribution in [2.24, 2.45) is 0 Å². The summed E-state index contributed by atoms with van der Waals surface area (Å²) in [7, 11) is 0. The average Bonchev–Trinajstić information content (AvgIpc) is 3.43. The summed E-state index contributed by atoms with van der Waals surface area (Å²) in [5.74, 6) is 6.88. The van der Waals surface area contributed by atoms with Crippen molar-refractivity contribution in [3.63, 3.8) is 0 Å². The van der Waals surface area contributed by atoms with Crippen LogP contribution in [0.2, 0.25) is 0 Å². The van der Waals surface area contributed by atoms with Crippen molar-refractivity contribution >= 4 is 10.8 Å². The van der Waals surface area contributed by atoms with Gasteiger partial charge in [0.1, 0.15) is 24.3 Å². The summed E-state index contributed by atoms with van der Waals surface area (Å²) >= 11 is 0. The molecular weight excluding hydrogens is 303 g/mol. The average molecular weight is 318 g/mol. The van der Waals surface area contributed by atoms with Crippen LogP contribution in [0.5, 0.6) is 5.75 Å². The Morgan fingerprint density at radius 1 is 0.917 bits per heavy atom. The summed E-state index contributed by atoms with van der Waals surface area (Å²) in [4.78, 5) is 0. The van der Waals surface area contributed by atoms with Crippen LogP contribution >= 0.6 is 0 Å². The lowest BCUT2D eigenvalue weighted by Gasteiger charge is -2.03. The molecule has 118 valence electrons. The molecule has 1 heterocycles. The lowest BCUT2D eigenvalue weighted by atomic mass is 10.1. The van der Waals surface area contributed by atoms with Gasteiger partial charge in [0.05, 0.1) is 6.61 Å². The predicted molar refractivity (Wildman–Crippen MR) is 91.6 cm³/mol. The predicted octanol–water partition coefficient (Wildman–Crippen LogP) is 4.16. The van der Waals surface area contributed by atoms with Crippen LogP contribution in [0.3, 0.4) is 0 Å². The number of fused-ring (bicyclic) bond motifs is 1. The molecule has 0 spiro atoms. The summed E-state index contributed by atoms with van der Waals surface area (Å²) in [5, 5.41) is 1.86. The first-order valence-electron chi connectivity index (χ1n) is 7.82. The maximum Gasteiger partial charge on any atom is 0.123 e. The molecule has 0 amide bonds. The largest absolute Gasteiger partial charge is 0.491 e. The van der Waals surface area contributed by atoms with Crippen LogP contribution in [-0.2, 0) is 4.74 Å². The van der Waals surface area contributed by atoms with Crippen LogP contribution < -0.4 is 4.74 Å². The first-order valence-corrected chi connectivity index (χ1v) is 7.82. The summed E-state index contributed by atoms with van der Waals surface area (Å²) in [6.45, 7) is 1.39. The maximum absolute atomic E-state index is 13.2. The number of epoxide rings is 1. The van der Waals surface area contributed by atoms with Gasteiger partial charge in [0.15, 0.2) is 0 Å². The molecule has 4 rings (SSSR count). The molecule has 0 aliphatic carbocycles. The topological polar surface area (TPSA) is 21.8 Å². The highest BCUT2D eigenvalue weighted by Gasteiger charge is 2.22. The molecule has 0 bridgehead atoms. The number of benzene rings is 3. The first kappa shape index (κ1) is 14.7. The SMILES string of the molecule is Fc1ccc2cc(C#Cc3ccc(OCC4CO4)cc3)ccc2c1. The number of hydrogen-bond donors (Lipinski definition) is 0. The normalized spacial score (nSPS) is 15.6. The zero-order valence-corrected chi connectivity index (χ0v) is 13.0. The molecule has 0 N–H and O–H groups in total. The van der Waals surface area contributed by atoms with Crippen molar-refractivity contribution in [1.29, 1.82) is 0 Å². The van der Waals surface area contributed by atoms with Crippen LogP contribution in [0.1, 0.15) is 11.1 Å². The van der Waals surface area contributed by atoms with Gasteiger partial charge in [-0.25, -0.2) is 4.39 Å². The van der Waals surface area contributed by atoms with E-state index in [1.54, 1.807) is 6.07 Å². The van der Waals surface area contributed by atoms with Crippen molar-refractivity contribution in [1.82, 2.24) is 0 Å². The molecule has 3 aromatic rings. The van der Waals surface area contributed by atoms with E-state index in [0.29, 0.717) is 6.61 Å². The van der Waals surface area contributed by atoms with E-state index in [1.807, 2.05) is 42.5 Å². The zero-order valence-electron chi connectivity index (χ0n) is 13.0. The Balaban J connectivity index is 1.49. The van der Waals surface area contributed by atoms with E-state index >= 15 is 0 Å². The zero-order chi connectivity index (χ0) is 16.4. The smallest absolute Gasteiger partial charge is 0.123 e. The molecule has 1 fully saturated rings. The number of rotatable bonds is 3. The van der Waals surface area contributed by atoms with E-state index in [9.17, 15) is 4.39 Å². The molecular formula is C21H15FO2. The number of ether oxygens (including phenoxy) is 2. The third kappa shape index (κ3) is 3.56. The molecule has 24 heavy (non-hydrogen) atoms. The summed E-state index contributed by atoms with van der Waals surface area (Å²) in [6, 6.07) is 18.2. The lowest BCUT2D eigenvalue weighted by molar-refractivity contribution is 0.263. The molecule has 0 saturated carbocycles. The van der Waals surface area contributed by atoms with Crippen molar-refractivity contribution in [2.75, 3.05) is 13.2 Å². The second kappa shape index (κ2) is 6.35. The van der Waals surface area contributed by atoms with Crippen molar-refractivity contribution in [3.05, 3.63) is 77.6 Å². The molecule has 0 radical (unpaired) electrons. The van der Waals surface area contributed by atoms with Gasteiger partial charge in [0, 0.05) is 11.1 Å². The van der Waals surface area contributed by atoms with E-state index in [1.165, 1.54) is 12.1 Å². The molecule has 3 heteroatoms. The third-order valence-corrected chi connectivity index (χ3v) is 3.85. The lowest BCUT2D eigenvalue weighted by Crippen LogP contribution is -2.03. The molecule has 1 unspecified atom stereocenters. The monoisotopic (exact) mass is 318 g/mol. The van der Waals surface area contributed by atoms with Gasteiger partial charge >= 0.3 is 0 Å². The van der Waals surface area contributed by atoms with E-state index in [2.05, 4.69) is 11.8 Å². The molecule has 1 saturated heterocycles. The molecule has 3 aromatic carbocycles. The fourth-order valence-electron chi connectivity index (χ4n) is 2.43. The second-order valence-electron chi connectivity index (χ2n) is 5.75. The minimum atomic E-state index is -0.225. The Bertz CT molecular complexity index is 931. The maximum atomic E-state index is 13.2. The molecule has 2 nitrogen and oxygen atoms in total. The minimum Gasteiger partial charge on any atom is -0.491 e. The highest BCUT2D eigenvalue weighted by molar-refractivity contribution is 5.83. The minimum absolute atomic E-state index is 0.225. The van der Waals surface area contributed by atoms with Crippen LogP contribution in [0.15, 0.2) is 60.7 Å². The van der Waals surface area contributed by atoms with Crippen molar-refractivity contribution in [3.8, 4) is 17.6 Å². The van der Waals surface area contributed by atoms with Gasteiger partial charge < -0.3 is 9.47 Å².